The van der Waals surface area contributed by atoms with Crippen LogP contribution in [-0.4, -0.2) is 53.1 Å². The van der Waals surface area contributed by atoms with Gasteiger partial charge in [-0.3, -0.25) is 4.98 Å². The van der Waals surface area contributed by atoms with E-state index < -0.39 is 10.0 Å². The van der Waals surface area contributed by atoms with Crippen LogP contribution >= 0.6 is 0 Å². The quantitative estimate of drug-likeness (QED) is 0.583. The molecule has 9 heteroatoms. The molecule has 3 aromatic rings. The van der Waals surface area contributed by atoms with Crippen molar-refractivity contribution in [3.8, 4) is 11.4 Å². The highest BCUT2D eigenvalue weighted by atomic mass is 32.2. The maximum atomic E-state index is 12.9. The highest BCUT2D eigenvalue weighted by Gasteiger charge is 2.43. The van der Waals surface area contributed by atoms with E-state index >= 15 is 0 Å². The number of piperidine rings is 1. The second-order valence-electron chi connectivity index (χ2n) is 8.56. The minimum atomic E-state index is -3.46. The highest BCUT2D eigenvalue weighted by Crippen LogP contribution is 2.39. The van der Waals surface area contributed by atoms with E-state index in [1.807, 2.05) is 18.2 Å². The molecule has 1 spiro atoms. The second kappa shape index (κ2) is 8.73. The van der Waals surface area contributed by atoms with Gasteiger partial charge in [0.15, 0.2) is 0 Å². The summed E-state index contributed by atoms with van der Waals surface area (Å²) < 4.78 is 39.2. The summed E-state index contributed by atoms with van der Waals surface area (Å²) in [5.41, 5.74) is 0.602. The number of aromatic nitrogens is 3. The predicted octanol–water partition coefficient (Wildman–Crippen LogP) is 3.32. The average molecular weight is 455 g/mol. The first-order valence-corrected chi connectivity index (χ1v) is 12.4. The van der Waals surface area contributed by atoms with Crippen LogP contribution in [0.5, 0.6) is 0 Å². The van der Waals surface area contributed by atoms with Crippen LogP contribution in [0.15, 0.2) is 64.3 Å². The first-order valence-electron chi connectivity index (χ1n) is 11.0. The number of rotatable bonds is 5. The van der Waals surface area contributed by atoms with Crippen molar-refractivity contribution in [2.24, 2.45) is 5.92 Å². The molecule has 8 nitrogen and oxygen atoms in total. The Labute approximate surface area is 187 Å². The number of hydrogen-bond acceptors (Lipinski definition) is 7. The van der Waals surface area contributed by atoms with Gasteiger partial charge in [0, 0.05) is 44.1 Å². The van der Waals surface area contributed by atoms with Gasteiger partial charge in [0.2, 0.25) is 21.7 Å². The third-order valence-corrected chi connectivity index (χ3v) is 8.39. The van der Waals surface area contributed by atoms with E-state index in [-0.39, 0.29) is 5.60 Å². The molecule has 0 radical (unpaired) electrons. The molecule has 0 saturated carbocycles. The molecule has 0 aliphatic carbocycles. The Bertz CT molecular complexity index is 1140. The minimum Gasteiger partial charge on any atom is -0.375 e. The Balaban J connectivity index is 1.22. The van der Waals surface area contributed by atoms with Crippen LogP contribution in [0, 0.1) is 5.92 Å². The van der Waals surface area contributed by atoms with Crippen LogP contribution in [0.2, 0.25) is 0 Å². The molecule has 0 amide bonds. The zero-order chi connectivity index (χ0) is 22.0. The van der Waals surface area contributed by atoms with Crippen molar-refractivity contribution in [1.82, 2.24) is 19.4 Å². The fraction of sp³-hybridized carbons (Fsp3) is 0.435. The molecule has 168 valence electrons. The zero-order valence-electron chi connectivity index (χ0n) is 17.8. The standard InChI is InChI=1S/C23H26N4O4S/c28-32(29,20-4-2-1-3-5-20)27-13-9-23(10-14-27)17-18(8-15-30-23)16-21-25-22(26-31-21)19-6-11-24-12-7-19/h1-7,11-12,18H,8-10,13-17H2. The molecular formula is C23H26N4O4S. The first-order chi connectivity index (χ1) is 15.5. The van der Waals surface area contributed by atoms with Crippen LogP contribution in [0.1, 0.15) is 31.6 Å². The predicted molar refractivity (Wildman–Crippen MR) is 117 cm³/mol. The van der Waals surface area contributed by atoms with Crippen LogP contribution in [0.4, 0.5) is 0 Å². The summed E-state index contributed by atoms with van der Waals surface area (Å²) in [5, 5.41) is 4.10. The van der Waals surface area contributed by atoms with Crippen LogP contribution in [-0.2, 0) is 21.2 Å². The minimum absolute atomic E-state index is 0.278. The number of pyridine rings is 1. The largest absolute Gasteiger partial charge is 0.375 e. The summed E-state index contributed by atoms with van der Waals surface area (Å²) >= 11 is 0. The average Bonchev–Trinajstić information content (AvgIpc) is 3.29. The van der Waals surface area contributed by atoms with Gasteiger partial charge >= 0.3 is 0 Å². The van der Waals surface area contributed by atoms with E-state index in [0.29, 0.717) is 61.5 Å². The van der Waals surface area contributed by atoms with Crippen molar-refractivity contribution < 1.29 is 17.7 Å². The van der Waals surface area contributed by atoms with Crippen molar-refractivity contribution in [3.63, 3.8) is 0 Å². The van der Waals surface area contributed by atoms with E-state index in [9.17, 15) is 8.42 Å². The summed E-state index contributed by atoms with van der Waals surface area (Å²) in [6, 6.07) is 12.3. The first kappa shape index (κ1) is 21.2. The van der Waals surface area contributed by atoms with Gasteiger partial charge in [-0.05, 0) is 55.9 Å². The van der Waals surface area contributed by atoms with Gasteiger partial charge in [0.25, 0.3) is 0 Å². The van der Waals surface area contributed by atoms with Crippen molar-refractivity contribution in [2.75, 3.05) is 19.7 Å². The van der Waals surface area contributed by atoms with Crippen LogP contribution in [0.25, 0.3) is 11.4 Å². The summed E-state index contributed by atoms with van der Waals surface area (Å²) in [6.45, 7) is 1.61. The molecule has 2 aliphatic rings. The molecule has 1 unspecified atom stereocenters. The highest BCUT2D eigenvalue weighted by molar-refractivity contribution is 7.89. The monoisotopic (exact) mass is 454 g/mol. The Hall–Kier alpha value is -2.62. The molecule has 2 aromatic heterocycles. The van der Waals surface area contributed by atoms with Gasteiger partial charge in [-0.1, -0.05) is 23.4 Å². The van der Waals surface area contributed by atoms with Gasteiger partial charge in [0.05, 0.1) is 10.5 Å². The zero-order valence-corrected chi connectivity index (χ0v) is 18.6. The lowest BCUT2D eigenvalue weighted by Gasteiger charge is -2.45. The van der Waals surface area contributed by atoms with Gasteiger partial charge in [-0.15, -0.1) is 0 Å². The Morgan fingerprint density at radius 2 is 1.81 bits per heavy atom. The van der Waals surface area contributed by atoms with Gasteiger partial charge in [-0.2, -0.15) is 9.29 Å². The van der Waals surface area contributed by atoms with Crippen molar-refractivity contribution >= 4 is 10.0 Å². The molecule has 2 saturated heterocycles. The lowest BCUT2D eigenvalue weighted by molar-refractivity contribution is -0.121. The second-order valence-corrected chi connectivity index (χ2v) is 10.5. The fourth-order valence-electron chi connectivity index (χ4n) is 4.73. The number of hydrogen-bond donors (Lipinski definition) is 0. The van der Waals surface area contributed by atoms with E-state index in [2.05, 4.69) is 15.1 Å². The molecule has 0 N–H and O–H groups in total. The third-order valence-electron chi connectivity index (χ3n) is 6.48. The third kappa shape index (κ3) is 4.32. The lowest BCUT2D eigenvalue weighted by Crippen LogP contribution is -2.50. The Morgan fingerprint density at radius 3 is 2.56 bits per heavy atom. The Kier molecular flexibility index (Phi) is 5.79. The maximum absolute atomic E-state index is 12.9. The maximum Gasteiger partial charge on any atom is 0.243 e. The molecule has 1 aromatic carbocycles. The van der Waals surface area contributed by atoms with E-state index in [1.165, 1.54) is 0 Å². The fourth-order valence-corrected chi connectivity index (χ4v) is 6.19. The molecule has 0 bridgehead atoms. The summed E-state index contributed by atoms with van der Waals surface area (Å²) in [4.78, 5) is 8.92. The molecule has 5 rings (SSSR count). The molecule has 2 aliphatic heterocycles. The molecule has 1 atom stereocenters. The van der Waals surface area contributed by atoms with Gasteiger partial charge in [0.1, 0.15) is 0 Å². The number of sulfonamides is 1. The summed E-state index contributed by atoms with van der Waals surface area (Å²) in [7, 11) is -3.46. The van der Waals surface area contributed by atoms with Crippen molar-refractivity contribution in [2.45, 2.75) is 42.6 Å². The van der Waals surface area contributed by atoms with Crippen molar-refractivity contribution in [3.05, 3.63) is 60.7 Å². The van der Waals surface area contributed by atoms with E-state index in [1.54, 1.807) is 41.0 Å². The lowest BCUT2D eigenvalue weighted by atomic mass is 9.79. The molecule has 32 heavy (non-hydrogen) atoms. The smallest absolute Gasteiger partial charge is 0.243 e. The normalized spacial score (nSPS) is 21.6. The van der Waals surface area contributed by atoms with Gasteiger partial charge < -0.3 is 9.26 Å². The van der Waals surface area contributed by atoms with E-state index in [4.69, 9.17) is 9.26 Å². The molecule has 2 fully saturated rings. The summed E-state index contributed by atoms with van der Waals surface area (Å²) in [6.07, 6.45) is 7.31. The molecular weight excluding hydrogens is 428 g/mol. The number of benzene rings is 1. The number of ether oxygens (including phenoxy) is 1. The molecule has 4 heterocycles. The van der Waals surface area contributed by atoms with Crippen LogP contribution < -0.4 is 0 Å². The summed E-state index contributed by atoms with van der Waals surface area (Å²) in [5.74, 6) is 1.57. The van der Waals surface area contributed by atoms with Crippen LogP contribution in [0.3, 0.4) is 0 Å². The van der Waals surface area contributed by atoms with E-state index in [0.717, 1.165) is 18.4 Å². The SMILES string of the molecule is O=S(=O)(c1ccccc1)N1CCC2(CC1)CC(Cc1nc(-c3ccncc3)no1)CCO2. The van der Waals surface area contributed by atoms with Crippen molar-refractivity contribution in [1.29, 1.82) is 0 Å². The topological polar surface area (TPSA) is 98.4 Å². The van der Waals surface area contributed by atoms with Gasteiger partial charge in [-0.25, -0.2) is 8.42 Å². The number of nitrogens with zero attached hydrogens (tertiary/aromatic N) is 4. The Morgan fingerprint density at radius 1 is 1.06 bits per heavy atom.